The molecule has 190 valence electrons. The number of hydrogen-bond acceptors (Lipinski definition) is 7. The summed E-state index contributed by atoms with van der Waals surface area (Å²) < 4.78 is 5.73. The second-order valence-corrected chi connectivity index (χ2v) is 12.1. The van der Waals surface area contributed by atoms with Gasteiger partial charge < -0.3 is 14.5 Å². The van der Waals surface area contributed by atoms with Gasteiger partial charge in [0.2, 0.25) is 0 Å². The van der Waals surface area contributed by atoms with Gasteiger partial charge in [-0.25, -0.2) is 4.79 Å². The van der Waals surface area contributed by atoms with Crippen molar-refractivity contribution in [1.29, 1.82) is 0 Å². The molecule has 1 fully saturated rings. The predicted octanol–water partition coefficient (Wildman–Crippen LogP) is 3.97. The Morgan fingerprint density at radius 2 is 1.45 bits per heavy atom. The zero-order chi connectivity index (χ0) is 25.8. The fraction of sp³-hybridized carbons (Fsp3) is 0.840. The molecule has 1 saturated heterocycles. The average molecular weight is 469 g/mol. The van der Waals surface area contributed by atoms with Gasteiger partial charge in [-0.05, 0) is 50.1 Å². The van der Waals surface area contributed by atoms with E-state index in [2.05, 4.69) is 20.8 Å². The average Bonchev–Trinajstić information content (AvgIpc) is 2.96. The molecular formula is C25H44N2O6. The predicted molar refractivity (Wildman–Crippen MR) is 126 cm³/mol. The SMILES string of the molecule is CN(C)CCOC(=O)C(C)(CC(C)(C)C)C(C)(C)C(C)(C)CCC(=O)ON1C(=O)CCC1=O. The zero-order valence-electron chi connectivity index (χ0n) is 22.3. The first-order valence-corrected chi connectivity index (χ1v) is 11.7. The van der Waals surface area contributed by atoms with Crippen LogP contribution in [0, 0.1) is 21.7 Å². The summed E-state index contributed by atoms with van der Waals surface area (Å²) in [6.07, 6.45) is 1.17. The summed E-state index contributed by atoms with van der Waals surface area (Å²) in [6, 6.07) is 0. The van der Waals surface area contributed by atoms with Crippen LogP contribution in [0.25, 0.3) is 0 Å². The van der Waals surface area contributed by atoms with Crippen LogP contribution >= 0.6 is 0 Å². The number of hydroxylamine groups is 2. The summed E-state index contributed by atoms with van der Waals surface area (Å²) in [4.78, 5) is 56.3. The summed E-state index contributed by atoms with van der Waals surface area (Å²) in [7, 11) is 3.86. The van der Waals surface area contributed by atoms with Crippen molar-refractivity contribution in [3.8, 4) is 0 Å². The van der Waals surface area contributed by atoms with Crippen molar-refractivity contribution < 1.29 is 28.8 Å². The maximum Gasteiger partial charge on any atom is 0.333 e. The monoisotopic (exact) mass is 468 g/mol. The first-order valence-electron chi connectivity index (χ1n) is 11.7. The van der Waals surface area contributed by atoms with Crippen LogP contribution in [0.2, 0.25) is 0 Å². The quantitative estimate of drug-likeness (QED) is 0.334. The van der Waals surface area contributed by atoms with Gasteiger partial charge in [0.05, 0.1) is 5.41 Å². The van der Waals surface area contributed by atoms with Crippen LogP contribution < -0.4 is 0 Å². The molecule has 0 aromatic heterocycles. The Kier molecular flexibility index (Phi) is 9.28. The molecular weight excluding hydrogens is 424 g/mol. The summed E-state index contributed by atoms with van der Waals surface area (Å²) >= 11 is 0. The minimum Gasteiger partial charge on any atom is -0.464 e. The number of carbonyl (C=O) groups is 4. The van der Waals surface area contributed by atoms with E-state index in [1.807, 2.05) is 53.6 Å². The number of rotatable bonds is 11. The normalized spacial score (nSPS) is 17.4. The highest BCUT2D eigenvalue weighted by atomic mass is 16.7. The molecule has 8 heteroatoms. The van der Waals surface area contributed by atoms with E-state index in [-0.39, 0.29) is 30.6 Å². The third-order valence-corrected chi connectivity index (χ3v) is 7.33. The van der Waals surface area contributed by atoms with Gasteiger partial charge in [-0.1, -0.05) is 48.5 Å². The van der Waals surface area contributed by atoms with Crippen LogP contribution in [0.15, 0.2) is 0 Å². The molecule has 0 aromatic carbocycles. The minimum atomic E-state index is -0.814. The summed E-state index contributed by atoms with van der Waals surface area (Å²) in [5.74, 6) is -1.86. The molecule has 0 saturated carbocycles. The van der Waals surface area contributed by atoms with Crippen molar-refractivity contribution in [2.45, 2.75) is 87.5 Å². The third kappa shape index (κ3) is 7.26. The van der Waals surface area contributed by atoms with Crippen LogP contribution in [-0.4, -0.2) is 61.0 Å². The Morgan fingerprint density at radius 3 is 1.91 bits per heavy atom. The first-order chi connectivity index (χ1) is 14.8. The van der Waals surface area contributed by atoms with Crippen molar-refractivity contribution in [2.24, 2.45) is 21.7 Å². The molecule has 1 aliphatic heterocycles. The van der Waals surface area contributed by atoms with E-state index >= 15 is 0 Å². The molecule has 0 aromatic rings. The molecule has 0 bridgehead atoms. The van der Waals surface area contributed by atoms with Gasteiger partial charge in [-0.3, -0.25) is 14.4 Å². The van der Waals surface area contributed by atoms with Crippen LogP contribution in [0.1, 0.15) is 87.5 Å². The maximum absolute atomic E-state index is 13.4. The molecule has 0 N–H and O–H groups in total. The van der Waals surface area contributed by atoms with Gasteiger partial charge in [0.25, 0.3) is 11.8 Å². The van der Waals surface area contributed by atoms with Gasteiger partial charge >= 0.3 is 11.9 Å². The molecule has 1 heterocycles. The second kappa shape index (κ2) is 10.5. The number of hydrogen-bond donors (Lipinski definition) is 0. The van der Waals surface area contributed by atoms with E-state index in [1.54, 1.807) is 0 Å². The number of carbonyl (C=O) groups excluding carboxylic acids is 4. The smallest absolute Gasteiger partial charge is 0.333 e. The van der Waals surface area contributed by atoms with Crippen molar-refractivity contribution in [3.63, 3.8) is 0 Å². The van der Waals surface area contributed by atoms with Crippen molar-refractivity contribution in [1.82, 2.24) is 9.96 Å². The lowest BCUT2D eigenvalue weighted by Gasteiger charge is -2.54. The number of likely N-dealkylation sites (N-methyl/N-ethyl adjacent to an activating group) is 1. The second-order valence-electron chi connectivity index (χ2n) is 12.1. The molecule has 0 spiro atoms. The van der Waals surface area contributed by atoms with Gasteiger partial charge in [0.1, 0.15) is 6.61 Å². The van der Waals surface area contributed by atoms with Crippen LogP contribution in [0.4, 0.5) is 0 Å². The van der Waals surface area contributed by atoms with Gasteiger partial charge in [-0.2, -0.15) is 0 Å². The Morgan fingerprint density at radius 1 is 0.939 bits per heavy atom. The molecule has 1 unspecified atom stereocenters. The standard InChI is InChI=1S/C25H44N2O6/c1-22(2,3)17-25(8,21(31)32-16-15-26(9)10)24(6,7)23(4,5)14-13-20(30)33-27-18(28)11-12-19(27)29/h11-17H2,1-10H3. The highest BCUT2D eigenvalue weighted by Gasteiger charge is 2.56. The summed E-state index contributed by atoms with van der Waals surface area (Å²) in [5, 5.41) is 0.576. The molecule has 8 nitrogen and oxygen atoms in total. The van der Waals surface area contributed by atoms with E-state index in [0.717, 1.165) is 0 Å². The Labute approximate surface area is 199 Å². The fourth-order valence-electron chi connectivity index (χ4n) is 4.37. The molecule has 33 heavy (non-hydrogen) atoms. The first kappa shape index (κ1) is 29.1. The Balaban J connectivity index is 3.03. The zero-order valence-corrected chi connectivity index (χ0v) is 22.3. The Bertz CT molecular complexity index is 734. The lowest BCUT2D eigenvalue weighted by atomic mass is 9.50. The van der Waals surface area contributed by atoms with Gasteiger partial charge in [0, 0.05) is 25.8 Å². The number of imide groups is 1. The van der Waals surface area contributed by atoms with E-state index in [1.165, 1.54) is 0 Å². The number of esters is 1. The van der Waals surface area contributed by atoms with E-state index in [9.17, 15) is 19.2 Å². The van der Waals surface area contributed by atoms with E-state index < -0.39 is 34.0 Å². The fourth-order valence-corrected chi connectivity index (χ4v) is 4.37. The topological polar surface area (TPSA) is 93.2 Å². The summed E-state index contributed by atoms with van der Waals surface area (Å²) in [5.41, 5.74) is -1.96. The maximum atomic E-state index is 13.4. The van der Waals surface area contributed by atoms with Crippen molar-refractivity contribution >= 4 is 23.8 Å². The molecule has 0 aliphatic carbocycles. The van der Waals surface area contributed by atoms with Gasteiger partial charge in [-0.15, -0.1) is 5.06 Å². The number of ether oxygens (including phenoxy) is 1. The lowest BCUT2D eigenvalue weighted by Crippen LogP contribution is -2.53. The van der Waals surface area contributed by atoms with E-state index in [0.29, 0.717) is 31.1 Å². The third-order valence-electron chi connectivity index (χ3n) is 7.33. The minimum absolute atomic E-state index is 0.0226. The highest BCUT2D eigenvalue weighted by Crippen LogP contribution is 2.57. The molecule has 2 amide bonds. The molecule has 0 radical (unpaired) electrons. The summed E-state index contributed by atoms with van der Waals surface area (Å²) in [6.45, 7) is 17.4. The van der Waals surface area contributed by atoms with E-state index in [4.69, 9.17) is 9.57 Å². The number of amides is 2. The van der Waals surface area contributed by atoms with Crippen LogP contribution in [0.3, 0.4) is 0 Å². The number of nitrogens with zero attached hydrogens (tertiary/aromatic N) is 2. The highest BCUT2D eigenvalue weighted by molar-refractivity contribution is 6.01. The Hall–Kier alpha value is -1.96. The van der Waals surface area contributed by atoms with Crippen LogP contribution in [-0.2, 0) is 28.8 Å². The van der Waals surface area contributed by atoms with Crippen molar-refractivity contribution in [2.75, 3.05) is 27.2 Å². The molecule has 1 atom stereocenters. The molecule has 1 rings (SSSR count). The van der Waals surface area contributed by atoms with Gasteiger partial charge in [0.15, 0.2) is 0 Å². The lowest BCUT2D eigenvalue weighted by molar-refractivity contribution is -0.198. The van der Waals surface area contributed by atoms with Crippen molar-refractivity contribution in [3.05, 3.63) is 0 Å². The molecule has 1 aliphatic rings. The largest absolute Gasteiger partial charge is 0.464 e. The van der Waals surface area contributed by atoms with Crippen LogP contribution in [0.5, 0.6) is 0 Å².